The summed E-state index contributed by atoms with van der Waals surface area (Å²) in [5.74, 6) is -0.397. The van der Waals surface area contributed by atoms with Gasteiger partial charge in [0, 0.05) is 19.0 Å². The number of nitrogens with zero attached hydrogens (tertiary/aromatic N) is 2. The summed E-state index contributed by atoms with van der Waals surface area (Å²) in [6.45, 7) is 2.46. The Morgan fingerprint density at radius 3 is 2.87 bits per heavy atom. The molecule has 0 saturated heterocycles. The van der Waals surface area contributed by atoms with Crippen LogP contribution in [0.1, 0.15) is 17.4 Å². The Balaban J connectivity index is 2.51. The standard InChI is InChI=1S/C9H13N3O2S/c1-3-10-8(13)4-12(2)9(14)7-5-15-6-11-7/h5-6H,3-4H2,1-2H3,(H,10,13). The molecule has 5 nitrogen and oxygen atoms in total. The summed E-state index contributed by atoms with van der Waals surface area (Å²) in [4.78, 5) is 28.1. The van der Waals surface area contributed by atoms with Crippen LogP contribution in [0.4, 0.5) is 0 Å². The monoisotopic (exact) mass is 227 g/mol. The third-order valence-corrected chi connectivity index (χ3v) is 2.34. The van der Waals surface area contributed by atoms with E-state index in [1.807, 2.05) is 6.92 Å². The summed E-state index contributed by atoms with van der Waals surface area (Å²) in [5, 5.41) is 4.29. The van der Waals surface area contributed by atoms with Gasteiger partial charge in [-0.15, -0.1) is 11.3 Å². The lowest BCUT2D eigenvalue weighted by atomic mass is 10.4. The zero-order valence-electron chi connectivity index (χ0n) is 8.69. The topological polar surface area (TPSA) is 62.3 Å². The van der Waals surface area contributed by atoms with Crippen molar-refractivity contribution in [3.05, 3.63) is 16.6 Å². The van der Waals surface area contributed by atoms with E-state index in [-0.39, 0.29) is 18.4 Å². The van der Waals surface area contributed by atoms with Crippen molar-refractivity contribution in [3.63, 3.8) is 0 Å². The van der Waals surface area contributed by atoms with Crippen molar-refractivity contribution in [1.82, 2.24) is 15.2 Å². The number of nitrogens with one attached hydrogen (secondary N) is 1. The molecule has 0 saturated carbocycles. The van der Waals surface area contributed by atoms with Crippen LogP contribution in [0.5, 0.6) is 0 Å². The molecule has 0 aliphatic heterocycles. The second-order valence-electron chi connectivity index (χ2n) is 2.99. The molecule has 1 aromatic rings. The second kappa shape index (κ2) is 5.45. The number of carbonyl (C=O) groups is 2. The highest BCUT2D eigenvalue weighted by atomic mass is 32.1. The van der Waals surface area contributed by atoms with Gasteiger partial charge in [-0.1, -0.05) is 0 Å². The Morgan fingerprint density at radius 2 is 2.33 bits per heavy atom. The molecule has 0 spiro atoms. The van der Waals surface area contributed by atoms with Crippen LogP contribution >= 0.6 is 11.3 Å². The largest absolute Gasteiger partial charge is 0.355 e. The number of hydrogen-bond acceptors (Lipinski definition) is 4. The molecule has 0 atom stereocenters. The maximum atomic E-state index is 11.6. The average Bonchev–Trinajstić information content (AvgIpc) is 2.69. The summed E-state index contributed by atoms with van der Waals surface area (Å²) < 4.78 is 0. The average molecular weight is 227 g/mol. The van der Waals surface area contributed by atoms with E-state index in [1.54, 1.807) is 17.9 Å². The van der Waals surface area contributed by atoms with E-state index >= 15 is 0 Å². The van der Waals surface area contributed by atoms with Crippen molar-refractivity contribution >= 4 is 23.2 Å². The van der Waals surface area contributed by atoms with Gasteiger partial charge in [0.15, 0.2) is 0 Å². The maximum absolute atomic E-state index is 11.6. The van der Waals surface area contributed by atoms with Gasteiger partial charge in [-0.25, -0.2) is 4.98 Å². The minimum atomic E-state index is -0.234. The molecule has 0 radical (unpaired) electrons. The van der Waals surface area contributed by atoms with E-state index < -0.39 is 0 Å². The van der Waals surface area contributed by atoms with Crippen LogP contribution in [0.25, 0.3) is 0 Å². The molecule has 1 aromatic heterocycles. The summed E-state index contributed by atoms with van der Waals surface area (Å²) in [7, 11) is 1.58. The van der Waals surface area contributed by atoms with E-state index in [2.05, 4.69) is 10.3 Å². The highest BCUT2D eigenvalue weighted by molar-refractivity contribution is 7.07. The lowest BCUT2D eigenvalue weighted by molar-refractivity contribution is -0.121. The number of rotatable bonds is 4. The Kier molecular flexibility index (Phi) is 4.23. The van der Waals surface area contributed by atoms with Gasteiger partial charge in [0.1, 0.15) is 5.69 Å². The van der Waals surface area contributed by atoms with Crippen LogP contribution in [0.15, 0.2) is 10.9 Å². The molecular weight excluding hydrogens is 214 g/mol. The summed E-state index contributed by atoms with van der Waals surface area (Å²) >= 11 is 1.36. The van der Waals surface area contributed by atoms with Gasteiger partial charge in [-0.3, -0.25) is 9.59 Å². The number of thiazole rings is 1. The van der Waals surface area contributed by atoms with Crippen molar-refractivity contribution in [1.29, 1.82) is 0 Å². The molecule has 1 N–H and O–H groups in total. The first-order chi connectivity index (χ1) is 7.15. The van der Waals surface area contributed by atoms with Gasteiger partial charge in [0.25, 0.3) is 5.91 Å². The van der Waals surface area contributed by atoms with Crippen molar-refractivity contribution in [2.45, 2.75) is 6.92 Å². The predicted octanol–water partition coefficient (Wildman–Crippen LogP) is 0.351. The number of aromatic nitrogens is 1. The van der Waals surface area contributed by atoms with Gasteiger partial charge >= 0.3 is 0 Å². The van der Waals surface area contributed by atoms with E-state index in [4.69, 9.17) is 0 Å². The van der Waals surface area contributed by atoms with Crippen molar-refractivity contribution in [2.75, 3.05) is 20.1 Å². The molecule has 0 aliphatic carbocycles. The lowest BCUT2D eigenvalue weighted by Crippen LogP contribution is -2.38. The lowest BCUT2D eigenvalue weighted by Gasteiger charge is -2.14. The number of amides is 2. The molecule has 6 heteroatoms. The van der Waals surface area contributed by atoms with E-state index in [0.717, 1.165) is 0 Å². The first-order valence-corrected chi connectivity index (χ1v) is 5.49. The quantitative estimate of drug-likeness (QED) is 0.807. The fraction of sp³-hybridized carbons (Fsp3) is 0.444. The van der Waals surface area contributed by atoms with Crippen LogP contribution in [0.3, 0.4) is 0 Å². The number of hydrogen-bond donors (Lipinski definition) is 1. The highest BCUT2D eigenvalue weighted by Crippen LogP contribution is 2.03. The third kappa shape index (κ3) is 3.32. The SMILES string of the molecule is CCNC(=O)CN(C)C(=O)c1cscn1. The normalized spacial score (nSPS) is 9.73. The molecule has 1 rings (SSSR count). The Bertz CT molecular complexity index is 337. The molecule has 82 valence electrons. The van der Waals surface area contributed by atoms with E-state index in [9.17, 15) is 9.59 Å². The Hall–Kier alpha value is -1.43. The summed E-state index contributed by atoms with van der Waals surface area (Å²) in [6, 6.07) is 0. The fourth-order valence-corrected chi connectivity index (χ4v) is 1.58. The van der Waals surface area contributed by atoms with Crippen LogP contribution in [0.2, 0.25) is 0 Å². The second-order valence-corrected chi connectivity index (χ2v) is 3.71. The smallest absolute Gasteiger partial charge is 0.273 e. The minimum absolute atomic E-state index is 0.0597. The molecular formula is C9H13N3O2S. The van der Waals surface area contributed by atoms with Crippen LogP contribution < -0.4 is 5.32 Å². The number of carbonyl (C=O) groups excluding carboxylic acids is 2. The Morgan fingerprint density at radius 1 is 1.60 bits per heavy atom. The Labute approximate surface area is 92.1 Å². The summed E-state index contributed by atoms with van der Waals surface area (Å²) in [5.41, 5.74) is 1.97. The van der Waals surface area contributed by atoms with Crippen molar-refractivity contribution < 1.29 is 9.59 Å². The van der Waals surface area contributed by atoms with Gasteiger partial charge in [-0.05, 0) is 6.92 Å². The predicted molar refractivity (Wildman–Crippen MR) is 57.8 cm³/mol. The van der Waals surface area contributed by atoms with E-state index in [1.165, 1.54) is 16.2 Å². The van der Waals surface area contributed by atoms with Gasteiger partial charge in [0.2, 0.25) is 5.91 Å². The molecule has 0 fully saturated rings. The first-order valence-electron chi connectivity index (χ1n) is 4.55. The minimum Gasteiger partial charge on any atom is -0.355 e. The molecule has 0 bridgehead atoms. The van der Waals surface area contributed by atoms with Gasteiger partial charge in [0.05, 0.1) is 12.1 Å². The van der Waals surface area contributed by atoms with Gasteiger partial charge in [-0.2, -0.15) is 0 Å². The maximum Gasteiger partial charge on any atom is 0.273 e. The van der Waals surface area contributed by atoms with Crippen LogP contribution in [-0.4, -0.2) is 41.8 Å². The summed E-state index contributed by atoms with van der Waals surface area (Å²) in [6.07, 6.45) is 0. The highest BCUT2D eigenvalue weighted by Gasteiger charge is 2.15. The van der Waals surface area contributed by atoms with Crippen LogP contribution in [0, 0.1) is 0 Å². The molecule has 15 heavy (non-hydrogen) atoms. The van der Waals surface area contributed by atoms with Crippen molar-refractivity contribution in [3.8, 4) is 0 Å². The zero-order chi connectivity index (χ0) is 11.3. The third-order valence-electron chi connectivity index (χ3n) is 1.75. The fourth-order valence-electron chi connectivity index (χ4n) is 1.05. The molecule has 1 heterocycles. The molecule has 0 aliphatic rings. The zero-order valence-corrected chi connectivity index (χ0v) is 9.50. The number of likely N-dealkylation sites (N-methyl/N-ethyl adjacent to an activating group) is 2. The molecule has 0 unspecified atom stereocenters. The molecule has 0 aromatic carbocycles. The van der Waals surface area contributed by atoms with Crippen LogP contribution in [-0.2, 0) is 4.79 Å². The van der Waals surface area contributed by atoms with Gasteiger partial charge < -0.3 is 10.2 Å². The molecule has 2 amide bonds. The van der Waals surface area contributed by atoms with E-state index in [0.29, 0.717) is 12.2 Å². The van der Waals surface area contributed by atoms with Crippen molar-refractivity contribution in [2.24, 2.45) is 0 Å². The first kappa shape index (κ1) is 11.6.